The van der Waals surface area contributed by atoms with Gasteiger partial charge in [-0.1, -0.05) is 218 Å². The lowest BCUT2D eigenvalue weighted by molar-refractivity contribution is 0.672. The van der Waals surface area contributed by atoms with Crippen LogP contribution < -0.4 is 0 Å². The van der Waals surface area contributed by atoms with E-state index in [-0.39, 0.29) is 0 Å². The van der Waals surface area contributed by atoms with E-state index in [4.69, 9.17) is 9.26 Å². The summed E-state index contributed by atoms with van der Waals surface area (Å²) in [7, 11) is 0. The molecule has 374 valence electrons. The number of aromatic nitrogens is 2. The number of nitriles is 1. The van der Waals surface area contributed by atoms with Crippen molar-refractivity contribution in [1.29, 1.82) is 5.26 Å². The van der Waals surface area contributed by atoms with E-state index in [0.29, 0.717) is 22.5 Å². The van der Waals surface area contributed by atoms with E-state index in [0.717, 1.165) is 130 Å². The number of rotatable bonds is 6. The molecule has 0 aliphatic heterocycles. The zero-order valence-electron chi connectivity index (χ0n) is 43.1. The molecule has 17 aromatic rings. The van der Waals surface area contributed by atoms with Crippen LogP contribution in [0, 0.1) is 17.9 Å². The van der Waals surface area contributed by atoms with Gasteiger partial charge in [0, 0.05) is 80.0 Å². The molecular formula is C74H40N4OS2. The molecule has 0 amide bonds. The lowest BCUT2D eigenvalue weighted by atomic mass is 9.88. The summed E-state index contributed by atoms with van der Waals surface area (Å²) < 4.78 is 16.7. The molecule has 0 unspecified atom stereocenters. The van der Waals surface area contributed by atoms with Crippen molar-refractivity contribution in [3.8, 4) is 62.0 Å². The van der Waals surface area contributed by atoms with Crippen molar-refractivity contribution in [3.05, 3.63) is 260 Å². The highest BCUT2D eigenvalue weighted by atomic mass is 32.1. The number of hydrogen-bond donors (Lipinski definition) is 0. The van der Waals surface area contributed by atoms with E-state index in [2.05, 4.69) is 221 Å². The van der Waals surface area contributed by atoms with E-state index in [9.17, 15) is 11.8 Å². The Labute approximate surface area is 471 Å². The van der Waals surface area contributed by atoms with Gasteiger partial charge < -0.3 is 13.6 Å². The summed E-state index contributed by atoms with van der Waals surface area (Å²) in [6, 6.07) is 88.3. The molecule has 5 heterocycles. The molecule has 12 aromatic carbocycles. The molecule has 0 aliphatic carbocycles. The third-order valence-corrected chi connectivity index (χ3v) is 19.0. The van der Waals surface area contributed by atoms with Crippen molar-refractivity contribution >= 4 is 134 Å². The molecule has 0 radical (unpaired) electrons. The quantitative estimate of drug-likeness (QED) is 0.156. The van der Waals surface area contributed by atoms with Gasteiger partial charge in [-0.2, -0.15) is 5.26 Å². The van der Waals surface area contributed by atoms with Crippen LogP contribution in [0.2, 0.25) is 0 Å². The Morgan fingerprint density at radius 1 is 0.370 bits per heavy atom. The van der Waals surface area contributed by atoms with Crippen molar-refractivity contribution < 1.29 is 4.42 Å². The van der Waals surface area contributed by atoms with Gasteiger partial charge in [0.2, 0.25) is 5.69 Å². The molecule has 0 N–H and O–H groups in total. The fraction of sp³-hybridized carbons (Fsp3) is 0. The molecule has 0 fully saturated rings. The second-order valence-electron chi connectivity index (χ2n) is 20.7. The van der Waals surface area contributed by atoms with E-state index in [1.54, 1.807) is 22.7 Å². The van der Waals surface area contributed by atoms with Gasteiger partial charge in [-0.3, -0.25) is 0 Å². The minimum absolute atomic E-state index is 0.380. The van der Waals surface area contributed by atoms with Crippen molar-refractivity contribution in [2.45, 2.75) is 0 Å². The van der Waals surface area contributed by atoms with E-state index in [1.165, 1.54) is 20.2 Å². The van der Waals surface area contributed by atoms with Gasteiger partial charge in [-0.15, -0.1) is 22.7 Å². The number of nitrogens with zero attached hydrogens (tertiary/aromatic N) is 4. The smallest absolute Gasteiger partial charge is 0.221 e. The van der Waals surface area contributed by atoms with Crippen LogP contribution in [0.1, 0.15) is 5.56 Å². The summed E-state index contributed by atoms with van der Waals surface area (Å²) in [6.45, 7) is 9.76. The summed E-state index contributed by atoms with van der Waals surface area (Å²) in [6.07, 6.45) is 0. The lowest BCUT2D eigenvalue weighted by Crippen LogP contribution is -2.08. The number of furan rings is 1. The van der Waals surface area contributed by atoms with Gasteiger partial charge in [0.05, 0.1) is 55.0 Å². The van der Waals surface area contributed by atoms with Crippen LogP contribution >= 0.6 is 22.7 Å². The Morgan fingerprint density at radius 3 is 1.46 bits per heavy atom. The van der Waals surface area contributed by atoms with Crippen LogP contribution in [0.25, 0.3) is 167 Å². The van der Waals surface area contributed by atoms with Gasteiger partial charge in [0.25, 0.3) is 0 Å². The molecule has 0 saturated heterocycles. The SMILES string of the molecule is [C-]#[N+]c1c(-c2ccccc2)c(-n2c3ccccc3c3ccc4c5cccc(-c6ccccc6-c6ccccc6)c5oc4c32)c(-c2ccccc2)c(C#N)c1-n1c2c(ccc3c4ccccc4sc32)c2ccc3c4ccccc4sc3c21. The Balaban J connectivity index is 1.09. The van der Waals surface area contributed by atoms with Crippen LogP contribution in [0.5, 0.6) is 0 Å². The van der Waals surface area contributed by atoms with Crippen molar-refractivity contribution in [2.75, 3.05) is 0 Å². The van der Waals surface area contributed by atoms with Gasteiger partial charge in [-0.25, -0.2) is 4.85 Å². The highest BCUT2D eigenvalue weighted by Crippen LogP contribution is 2.55. The summed E-state index contributed by atoms with van der Waals surface area (Å²) in [5.74, 6) is 0. The Kier molecular flexibility index (Phi) is 9.82. The molecule has 5 nitrogen and oxygen atoms in total. The second kappa shape index (κ2) is 17.5. The molecule has 0 atom stereocenters. The predicted octanol–water partition coefficient (Wildman–Crippen LogP) is 21.6. The Morgan fingerprint density at radius 2 is 0.840 bits per heavy atom. The molecular weight excluding hydrogens is 1020 g/mol. The Bertz CT molecular complexity index is 5400. The molecule has 5 aromatic heterocycles. The average Bonchev–Trinajstić information content (AvgIpc) is 4.28. The maximum Gasteiger partial charge on any atom is 0.221 e. The number of fused-ring (bicyclic) bond motifs is 18. The number of benzene rings is 12. The number of hydrogen-bond acceptors (Lipinski definition) is 4. The number of thiophene rings is 2. The minimum Gasteiger partial charge on any atom is -0.453 e. The molecule has 7 heteroatoms. The van der Waals surface area contributed by atoms with Gasteiger partial charge in [-0.05, 0) is 52.1 Å². The maximum atomic E-state index is 12.5. The minimum atomic E-state index is 0.380. The summed E-state index contributed by atoms with van der Waals surface area (Å²) in [5.41, 5.74) is 14.7. The fourth-order valence-electron chi connectivity index (χ4n) is 13.2. The molecule has 0 aliphatic rings. The zero-order valence-corrected chi connectivity index (χ0v) is 44.7. The second-order valence-corrected chi connectivity index (χ2v) is 22.8. The summed E-state index contributed by atoms with van der Waals surface area (Å²) >= 11 is 3.53. The first-order chi connectivity index (χ1) is 40.2. The van der Waals surface area contributed by atoms with Crippen molar-refractivity contribution in [3.63, 3.8) is 0 Å². The molecule has 0 saturated carbocycles. The monoisotopic (exact) mass is 1060 g/mol. The first-order valence-electron chi connectivity index (χ1n) is 27.0. The topological polar surface area (TPSA) is 51.1 Å². The molecule has 17 rings (SSSR count). The predicted molar refractivity (Wildman–Crippen MR) is 341 cm³/mol. The van der Waals surface area contributed by atoms with Crippen molar-refractivity contribution in [2.24, 2.45) is 0 Å². The number of para-hydroxylation sites is 2. The third kappa shape index (κ3) is 6.39. The van der Waals surface area contributed by atoms with E-state index >= 15 is 0 Å². The van der Waals surface area contributed by atoms with E-state index < -0.39 is 0 Å². The third-order valence-electron chi connectivity index (χ3n) is 16.6. The highest BCUT2D eigenvalue weighted by Gasteiger charge is 2.34. The van der Waals surface area contributed by atoms with Crippen LogP contribution in [0.4, 0.5) is 5.69 Å². The zero-order chi connectivity index (χ0) is 53.4. The first kappa shape index (κ1) is 45.5. The summed E-state index contributed by atoms with van der Waals surface area (Å²) in [5, 5.41) is 23.3. The van der Waals surface area contributed by atoms with Gasteiger partial charge in [0.1, 0.15) is 11.7 Å². The average molecular weight is 1070 g/mol. The largest absolute Gasteiger partial charge is 0.453 e. The fourth-order valence-corrected chi connectivity index (χ4v) is 15.7. The van der Waals surface area contributed by atoms with Crippen molar-refractivity contribution in [1.82, 2.24) is 9.13 Å². The lowest BCUT2D eigenvalue weighted by Gasteiger charge is -2.25. The Hall–Kier alpha value is -10.5. The van der Waals surface area contributed by atoms with Crippen LogP contribution in [0.15, 0.2) is 247 Å². The van der Waals surface area contributed by atoms with Gasteiger partial charge >= 0.3 is 0 Å². The molecule has 0 spiro atoms. The van der Waals surface area contributed by atoms with Crippen LogP contribution in [0.3, 0.4) is 0 Å². The van der Waals surface area contributed by atoms with Crippen LogP contribution in [-0.2, 0) is 0 Å². The van der Waals surface area contributed by atoms with Crippen LogP contribution in [-0.4, -0.2) is 9.13 Å². The van der Waals surface area contributed by atoms with E-state index in [1.807, 2.05) is 36.4 Å². The normalized spacial score (nSPS) is 11.9. The first-order valence-corrected chi connectivity index (χ1v) is 28.6. The molecule has 0 bridgehead atoms. The maximum absolute atomic E-state index is 12.5. The standard InChI is InChI=1S/C74H40N4OS2/c1-76-65-64(45-24-9-4-10-25-45)70(77-60-33-16-13-28-48(60)51-36-39-56-55-32-19-31-54(71(55)79-72(56)67(51)77)47-27-12-11-26-46(47)43-20-5-2-6-21-43)63(44-22-7-3-8-23-44)59(42-75)66(65)78-68-52(37-40-57-49-29-14-17-34-61(49)80-73(57)68)53-38-41-58-50-30-15-18-35-62(50)81-74(58)69(53)78/h2-41H. The highest BCUT2D eigenvalue weighted by molar-refractivity contribution is 7.27. The summed E-state index contributed by atoms with van der Waals surface area (Å²) in [4.78, 5) is 4.76. The molecule has 81 heavy (non-hydrogen) atoms. The van der Waals surface area contributed by atoms with Gasteiger partial charge in [0.15, 0.2) is 5.58 Å².